The molecule has 0 aliphatic heterocycles. The molecule has 56 valence electrons. The first-order valence-corrected chi connectivity index (χ1v) is 3.50. The van der Waals surface area contributed by atoms with Gasteiger partial charge in [-0.1, -0.05) is 20.8 Å². The maximum Gasteiger partial charge on any atom is 0.110 e. The maximum atomic E-state index is 13.2. The van der Waals surface area contributed by atoms with Gasteiger partial charge < -0.3 is 0 Å². The van der Waals surface area contributed by atoms with E-state index in [-0.39, 0.29) is 5.41 Å². The van der Waals surface area contributed by atoms with E-state index < -0.39 is 5.67 Å². The molecule has 0 radical (unpaired) electrons. The van der Waals surface area contributed by atoms with Gasteiger partial charge in [0.2, 0.25) is 0 Å². The van der Waals surface area contributed by atoms with Crippen LogP contribution in [-0.2, 0) is 0 Å². The van der Waals surface area contributed by atoms with Crippen LogP contribution in [0.1, 0.15) is 41.0 Å². The summed E-state index contributed by atoms with van der Waals surface area (Å²) in [5, 5.41) is 0. The van der Waals surface area contributed by atoms with Gasteiger partial charge in [0.1, 0.15) is 5.67 Å². The Bertz CT molecular complexity index is 87.2. The van der Waals surface area contributed by atoms with Gasteiger partial charge in [0, 0.05) is 0 Å². The molecule has 0 unspecified atom stereocenters. The molecule has 0 N–H and O–H groups in total. The largest absolute Gasteiger partial charge is 0.244 e. The minimum absolute atomic E-state index is 0.188. The Hall–Kier alpha value is -0.0700. The Labute approximate surface area is 57.5 Å². The van der Waals surface area contributed by atoms with Crippen LogP contribution >= 0.6 is 0 Å². The smallest absolute Gasteiger partial charge is 0.110 e. The third-order valence-corrected chi connectivity index (χ3v) is 2.49. The second-order valence-electron chi connectivity index (χ2n) is 3.71. The van der Waals surface area contributed by atoms with Crippen molar-refractivity contribution >= 4 is 0 Å². The van der Waals surface area contributed by atoms with Crippen LogP contribution < -0.4 is 0 Å². The SMILES string of the molecule is CCC(C)(C)C(C)(C)F. The van der Waals surface area contributed by atoms with Crippen LogP contribution in [0.3, 0.4) is 0 Å². The lowest BCUT2D eigenvalue weighted by Crippen LogP contribution is -2.33. The quantitative estimate of drug-likeness (QED) is 0.541. The molecule has 0 aliphatic rings. The van der Waals surface area contributed by atoms with Crippen LogP contribution in [0, 0.1) is 5.41 Å². The van der Waals surface area contributed by atoms with E-state index in [9.17, 15) is 4.39 Å². The highest BCUT2D eigenvalue weighted by molar-refractivity contribution is 4.84. The standard InChI is InChI=1S/C8H17F/c1-6-7(2,3)8(4,5)9/h6H2,1-5H3. The van der Waals surface area contributed by atoms with Crippen molar-refractivity contribution in [2.45, 2.75) is 46.7 Å². The Morgan fingerprint density at radius 2 is 1.44 bits per heavy atom. The van der Waals surface area contributed by atoms with Crippen LogP contribution in [0.4, 0.5) is 4.39 Å². The highest BCUT2D eigenvalue weighted by Gasteiger charge is 2.34. The molecule has 9 heavy (non-hydrogen) atoms. The summed E-state index contributed by atoms with van der Waals surface area (Å²) in [6, 6.07) is 0. The van der Waals surface area contributed by atoms with Crippen LogP contribution in [0.5, 0.6) is 0 Å². The summed E-state index contributed by atoms with van der Waals surface area (Å²) in [6.45, 7) is 9.19. The van der Waals surface area contributed by atoms with E-state index in [2.05, 4.69) is 0 Å². The minimum Gasteiger partial charge on any atom is -0.244 e. The van der Waals surface area contributed by atoms with Crippen molar-refractivity contribution < 1.29 is 4.39 Å². The van der Waals surface area contributed by atoms with Gasteiger partial charge in [-0.05, 0) is 25.7 Å². The van der Waals surface area contributed by atoms with Gasteiger partial charge in [-0.15, -0.1) is 0 Å². The van der Waals surface area contributed by atoms with E-state index in [1.165, 1.54) is 0 Å². The summed E-state index contributed by atoms with van der Waals surface area (Å²) >= 11 is 0. The van der Waals surface area contributed by atoms with Crippen molar-refractivity contribution in [1.82, 2.24) is 0 Å². The van der Waals surface area contributed by atoms with Gasteiger partial charge in [-0.25, -0.2) is 4.39 Å². The zero-order chi connectivity index (χ0) is 7.71. The zero-order valence-corrected chi connectivity index (χ0v) is 7.09. The molecular weight excluding hydrogens is 115 g/mol. The monoisotopic (exact) mass is 132 g/mol. The molecule has 0 bridgehead atoms. The fourth-order valence-corrected chi connectivity index (χ4v) is 0.420. The summed E-state index contributed by atoms with van der Waals surface area (Å²) in [7, 11) is 0. The average Bonchev–Trinajstić information content (AvgIpc) is 1.64. The van der Waals surface area contributed by atoms with E-state index >= 15 is 0 Å². The molecule has 0 heterocycles. The lowest BCUT2D eigenvalue weighted by atomic mass is 9.77. The van der Waals surface area contributed by atoms with Gasteiger partial charge in [0.05, 0.1) is 0 Å². The second kappa shape index (κ2) is 2.28. The summed E-state index contributed by atoms with van der Waals surface area (Å²) in [6.07, 6.45) is 0.885. The van der Waals surface area contributed by atoms with Crippen LogP contribution in [0.25, 0.3) is 0 Å². The molecule has 0 nitrogen and oxygen atoms in total. The van der Waals surface area contributed by atoms with E-state index in [1.807, 2.05) is 20.8 Å². The fraction of sp³-hybridized carbons (Fsp3) is 1.00. The number of rotatable bonds is 2. The first-order valence-electron chi connectivity index (χ1n) is 3.50. The Morgan fingerprint density at radius 3 is 1.44 bits per heavy atom. The number of halogens is 1. The molecule has 0 saturated heterocycles. The predicted octanol–water partition coefficient (Wildman–Crippen LogP) is 3.17. The Balaban J connectivity index is 4.14. The molecule has 0 aromatic rings. The molecule has 1 heteroatoms. The van der Waals surface area contributed by atoms with E-state index in [0.29, 0.717) is 0 Å². The van der Waals surface area contributed by atoms with Gasteiger partial charge in [-0.2, -0.15) is 0 Å². The Kier molecular flexibility index (Phi) is 2.26. The van der Waals surface area contributed by atoms with Gasteiger partial charge >= 0.3 is 0 Å². The molecule has 0 saturated carbocycles. The van der Waals surface area contributed by atoms with E-state index in [4.69, 9.17) is 0 Å². The van der Waals surface area contributed by atoms with E-state index in [0.717, 1.165) is 6.42 Å². The normalized spacial score (nSPS) is 14.0. The van der Waals surface area contributed by atoms with Gasteiger partial charge in [0.25, 0.3) is 0 Å². The van der Waals surface area contributed by atoms with Crippen molar-refractivity contribution in [3.63, 3.8) is 0 Å². The number of hydrogen-bond acceptors (Lipinski definition) is 0. The van der Waals surface area contributed by atoms with Crippen molar-refractivity contribution in [2.75, 3.05) is 0 Å². The number of hydrogen-bond donors (Lipinski definition) is 0. The van der Waals surface area contributed by atoms with Gasteiger partial charge in [0.15, 0.2) is 0 Å². The number of alkyl halides is 1. The van der Waals surface area contributed by atoms with Crippen LogP contribution in [0.15, 0.2) is 0 Å². The third-order valence-electron chi connectivity index (χ3n) is 2.49. The average molecular weight is 132 g/mol. The van der Waals surface area contributed by atoms with Crippen molar-refractivity contribution in [3.8, 4) is 0 Å². The molecule has 0 rings (SSSR count). The van der Waals surface area contributed by atoms with Crippen LogP contribution in [0.2, 0.25) is 0 Å². The van der Waals surface area contributed by atoms with Crippen molar-refractivity contribution in [2.24, 2.45) is 5.41 Å². The molecule has 0 aliphatic carbocycles. The fourth-order valence-electron chi connectivity index (χ4n) is 0.420. The van der Waals surface area contributed by atoms with Crippen molar-refractivity contribution in [3.05, 3.63) is 0 Å². The summed E-state index contributed by atoms with van der Waals surface area (Å²) in [5.74, 6) is 0. The van der Waals surface area contributed by atoms with Crippen molar-refractivity contribution in [1.29, 1.82) is 0 Å². The maximum absolute atomic E-state index is 13.2. The topological polar surface area (TPSA) is 0 Å². The molecular formula is C8H17F. The van der Waals surface area contributed by atoms with Crippen LogP contribution in [-0.4, -0.2) is 5.67 Å². The lowest BCUT2D eigenvalue weighted by Gasteiger charge is -2.33. The second-order valence-corrected chi connectivity index (χ2v) is 3.71. The molecule has 0 aromatic carbocycles. The Morgan fingerprint density at radius 1 is 1.11 bits per heavy atom. The minimum atomic E-state index is -1.05. The first kappa shape index (κ1) is 8.93. The summed E-state index contributed by atoms with van der Waals surface area (Å²) < 4.78 is 13.2. The van der Waals surface area contributed by atoms with E-state index in [1.54, 1.807) is 13.8 Å². The highest BCUT2D eigenvalue weighted by atomic mass is 19.1. The molecule has 0 aromatic heterocycles. The molecule has 0 spiro atoms. The first-order chi connectivity index (χ1) is 3.81. The summed E-state index contributed by atoms with van der Waals surface area (Å²) in [4.78, 5) is 0. The zero-order valence-electron chi connectivity index (χ0n) is 7.09. The molecule has 0 fully saturated rings. The van der Waals surface area contributed by atoms with Gasteiger partial charge in [-0.3, -0.25) is 0 Å². The third kappa shape index (κ3) is 1.96. The molecule has 0 amide bonds. The lowest BCUT2D eigenvalue weighted by molar-refractivity contribution is 0.0495. The molecule has 0 atom stereocenters. The predicted molar refractivity (Wildman–Crippen MR) is 39.3 cm³/mol. The highest BCUT2D eigenvalue weighted by Crippen LogP contribution is 2.36. The summed E-state index contributed by atoms with van der Waals surface area (Å²) in [5.41, 5.74) is -1.24.